The zero-order valence-electron chi connectivity index (χ0n) is 15.0. The maximum Gasteiger partial charge on any atom is 0.228 e. The third kappa shape index (κ3) is 5.24. The molecule has 1 fully saturated rings. The number of methoxy groups -OCH3 is 1. The van der Waals surface area contributed by atoms with Gasteiger partial charge in [-0.1, -0.05) is 43.1 Å². The fourth-order valence-electron chi connectivity index (χ4n) is 3.34. The second-order valence-corrected chi connectivity index (χ2v) is 7.94. The molecule has 0 aromatic heterocycles. The third-order valence-electron chi connectivity index (χ3n) is 4.79. The van der Waals surface area contributed by atoms with E-state index in [1.807, 2.05) is 32.0 Å². The van der Waals surface area contributed by atoms with E-state index in [0.29, 0.717) is 23.2 Å². The van der Waals surface area contributed by atoms with Gasteiger partial charge in [0.1, 0.15) is 0 Å². The number of hydrogen-bond acceptors (Lipinski definition) is 3. The van der Waals surface area contributed by atoms with Crippen molar-refractivity contribution in [3.05, 3.63) is 33.8 Å². The van der Waals surface area contributed by atoms with E-state index in [1.54, 1.807) is 7.11 Å². The Bertz CT molecular complexity index is 562. The highest BCUT2D eigenvalue weighted by Crippen LogP contribution is 2.36. The first-order valence-corrected chi connectivity index (χ1v) is 9.00. The molecule has 0 spiro atoms. The molecule has 4 nitrogen and oxygen atoms in total. The Hall–Kier alpha value is -0.520. The van der Waals surface area contributed by atoms with Crippen molar-refractivity contribution in [1.29, 1.82) is 0 Å². The average Bonchev–Trinajstić information content (AvgIpc) is 2.53. The van der Waals surface area contributed by atoms with Gasteiger partial charge < -0.3 is 15.4 Å². The van der Waals surface area contributed by atoms with E-state index in [4.69, 9.17) is 27.9 Å². The Kier molecular flexibility index (Phi) is 8.49. The molecule has 1 heterocycles. The summed E-state index contributed by atoms with van der Waals surface area (Å²) in [5, 5.41) is 7.64. The highest BCUT2D eigenvalue weighted by molar-refractivity contribution is 6.36. The predicted molar refractivity (Wildman–Crippen MR) is 106 cm³/mol. The Balaban J connectivity index is 0.00000312. The maximum atomic E-state index is 12.9. The molecule has 1 aromatic rings. The minimum absolute atomic E-state index is 0. The van der Waals surface area contributed by atoms with Crippen LogP contribution >= 0.6 is 35.6 Å². The van der Waals surface area contributed by atoms with E-state index >= 15 is 0 Å². The van der Waals surface area contributed by atoms with Crippen LogP contribution in [-0.2, 0) is 14.9 Å². The van der Waals surface area contributed by atoms with Crippen LogP contribution < -0.4 is 10.6 Å². The smallest absolute Gasteiger partial charge is 0.228 e. The van der Waals surface area contributed by atoms with Crippen LogP contribution in [0.5, 0.6) is 0 Å². The largest absolute Gasteiger partial charge is 0.384 e. The number of benzene rings is 1. The van der Waals surface area contributed by atoms with Crippen LogP contribution in [0.4, 0.5) is 0 Å². The van der Waals surface area contributed by atoms with Crippen molar-refractivity contribution < 1.29 is 9.53 Å². The summed E-state index contributed by atoms with van der Waals surface area (Å²) in [6, 6.07) is 5.47. The number of rotatable bonds is 6. The van der Waals surface area contributed by atoms with Gasteiger partial charge in [-0.3, -0.25) is 4.79 Å². The molecule has 142 valence electrons. The van der Waals surface area contributed by atoms with E-state index in [2.05, 4.69) is 10.6 Å². The van der Waals surface area contributed by atoms with Gasteiger partial charge in [0.05, 0.1) is 12.0 Å². The number of hydrogen-bond donors (Lipinski definition) is 2. The molecule has 2 N–H and O–H groups in total. The molecule has 1 aliphatic heterocycles. The number of ether oxygens (including phenoxy) is 1. The second-order valence-electron chi connectivity index (χ2n) is 7.13. The van der Waals surface area contributed by atoms with Crippen molar-refractivity contribution >= 4 is 41.5 Å². The summed E-state index contributed by atoms with van der Waals surface area (Å²) < 4.78 is 5.33. The van der Waals surface area contributed by atoms with E-state index in [9.17, 15) is 4.79 Å². The molecular weight excluding hydrogens is 383 g/mol. The molecule has 1 amide bonds. The lowest BCUT2D eigenvalue weighted by Crippen LogP contribution is -2.52. The van der Waals surface area contributed by atoms with Crippen molar-refractivity contribution in [2.75, 3.05) is 33.4 Å². The molecule has 0 bridgehead atoms. The highest BCUT2D eigenvalue weighted by atomic mass is 35.5. The van der Waals surface area contributed by atoms with Gasteiger partial charge >= 0.3 is 0 Å². The van der Waals surface area contributed by atoms with Crippen molar-refractivity contribution in [3.63, 3.8) is 0 Å². The number of amides is 1. The van der Waals surface area contributed by atoms with Gasteiger partial charge in [-0.25, -0.2) is 0 Å². The number of halogens is 3. The molecule has 0 saturated carbocycles. The van der Waals surface area contributed by atoms with Crippen LogP contribution in [0.25, 0.3) is 0 Å². The fraction of sp³-hybridized carbons (Fsp3) is 0.611. The monoisotopic (exact) mass is 408 g/mol. The normalized spacial score (nSPS) is 16.8. The summed E-state index contributed by atoms with van der Waals surface area (Å²) in [6.45, 7) is 6.63. The van der Waals surface area contributed by atoms with E-state index < -0.39 is 5.41 Å². The Morgan fingerprint density at radius 1 is 1.28 bits per heavy atom. The van der Waals surface area contributed by atoms with Crippen LogP contribution in [-0.4, -0.2) is 39.3 Å². The van der Waals surface area contributed by atoms with Crippen molar-refractivity contribution in [3.8, 4) is 0 Å². The zero-order chi connectivity index (χ0) is 17.8. The molecule has 0 aliphatic carbocycles. The van der Waals surface area contributed by atoms with Gasteiger partial charge in [-0.2, -0.15) is 0 Å². The molecule has 0 unspecified atom stereocenters. The lowest BCUT2D eigenvalue weighted by Gasteiger charge is -2.37. The standard InChI is InChI=1S/C18H26Cl2N2O2.ClH/c1-17(2,15-13(19)5-4-6-14(15)20)11-22-16(23)18(12-24-3)7-9-21-10-8-18;/h4-6,21H,7-12H2,1-3H3,(H,22,23);1H. The quantitative estimate of drug-likeness (QED) is 0.751. The number of piperidine rings is 1. The SMILES string of the molecule is COCC1(C(=O)NCC(C)(C)c2c(Cl)cccc2Cl)CCNCC1.Cl. The lowest BCUT2D eigenvalue weighted by molar-refractivity contribution is -0.136. The van der Waals surface area contributed by atoms with Gasteiger partial charge in [0, 0.05) is 29.1 Å². The van der Waals surface area contributed by atoms with Crippen LogP contribution in [0.1, 0.15) is 32.3 Å². The van der Waals surface area contributed by atoms with Crippen LogP contribution in [0.2, 0.25) is 10.0 Å². The summed E-state index contributed by atoms with van der Waals surface area (Å²) in [7, 11) is 1.64. The van der Waals surface area contributed by atoms with Crippen molar-refractivity contribution in [2.24, 2.45) is 5.41 Å². The minimum Gasteiger partial charge on any atom is -0.384 e. The molecule has 0 atom stereocenters. The first-order valence-electron chi connectivity index (χ1n) is 8.25. The molecule has 1 aliphatic rings. The van der Waals surface area contributed by atoms with Gasteiger partial charge in [-0.05, 0) is 43.6 Å². The minimum atomic E-state index is -0.458. The average molecular weight is 410 g/mol. The third-order valence-corrected chi connectivity index (χ3v) is 5.42. The fourth-order valence-corrected chi connectivity index (χ4v) is 4.25. The number of carbonyl (C=O) groups is 1. The molecule has 1 saturated heterocycles. The molecule has 25 heavy (non-hydrogen) atoms. The first kappa shape index (κ1) is 22.5. The molecular formula is C18H27Cl3N2O2. The van der Waals surface area contributed by atoms with Gasteiger partial charge in [0.25, 0.3) is 0 Å². The number of nitrogens with one attached hydrogen (secondary N) is 2. The highest BCUT2D eigenvalue weighted by Gasteiger charge is 2.40. The summed E-state index contributed by atoms with van der Waals surface area (Å²) >= 11 is 12.7. The first-order chi connectivity index (χ1) is 11.3. The zero-order valence-corrected chi connectivity index (χ0v) is 17.3. The van der Waals surface area contributed by atoms with E-state index in [-0.39, 0.29) is 23.7 Å². The molecule has 7 heteroatoms. The maximum absolute atomic E-state index is 12.9. The predicted octanol–water partition coefficient (Wildman–Crippen LogP) is 3.83. The van der Waals surface area contributed by atoms with Crippen molar-refractivity contribution in [2.45, 2.75) is 32.1 Å². The van der Waals surface area contributed by atoms with Gasteiger partial charge in [0.15, 0.2) is 0 Å². The summed E-state index contributed by atoms with van der Waals surface area (Å²) in [6.07, 6.45) is 1.56. The number of carbonyl (C=O) groups excluding carboxylic acids is 1. The summed E-state index contributed by atoms with van der Waals surface area (Å²) in [5.41, 5.74) is 0.0341. The van der Waals surface area contributed by atoms with Crippen LogP contribution in [0.15, 0.2) is 18.2 Å². The summed E-state index contributed by atoms with van der Waals surface area (Å²) in [5.74, 6) is 0.0436. The van der Waals surface area contributed by atoms with Gasteiger partial charge in [-0.15, -0.1) is 12.4 Å². The van der Waals surface area contributed by atoms with E-state index in [1.165, 1.54) is 0 Å². The molecule has 2 rings (SSSR count). The van der Waals surface area contributed by atoms with Crippen LogP contribution in [0, 0.1) is 5.41 Å². The topological polar surface area (TPSA) is 50.4 Å². The van der Waals surface area contributed by atoms with E-state index in [0.717, 1.165) is 31.5 Å². The Morgan fingerprint density at radius 3 is 2.36 bits per heavy atom. The molecule has 0 radical (unpaired) electrons. The van der Waals surface area contributed by atoms with Crippen molar-refractivity contribution in [1.82, 2.24) is 10.6 Å². The lowest BCUT2D eigenvalue weighted by atomic mass is 9.78. The van der Waals surface area contributed by atoms with Gasteiger partial charge in [0.2, 0.25) is 5.91 Å². The second kappa shape index (κ2) is 9.43. The Labute approximate surface area is 166 Å². The molecule has 1 aromatic carbocycles. The Morgan fingerprint density at radius 2 is 1.84 bits per heavy atom. The summed E-state index contributed by atoms with van der Waals surface area (Å²) in [4.78, 5) is 12.9. The van der Waals surface area contributed by atoms with Crippen LogP contribution in [0.3, 0.4) is 0 Å².